The predicted molar refractivity (Wildman–Crippen MR) is 128 cm³/mol. The van der Waals surface area contributed by atoms with Gasteiger partial charge in [-0.15, -0.1) is 11.3 Å². The van der Waals surface area contributed by atoms with Crippen molar-refractivity contribution < 1.29 is 18.4 Å². The smallest absolute Gasteiger partial charge is 0.265 e. The van der Waals surface area contributed by atoms with Gasteiger partial charge < -0.3 is 10.2 Å². The summed E-state index contributed by atoms with van der Waals surface area (Å²) in [5, 5.41) is 3.63. The van der Waals surface area contributed by atoms with Crippen LogP contribution in [0, 0.1) is 30.4 Å². The van der Waals surface area contributed by atoms with Crippen molar-refractivity contribution in [2.75, 3.05) is 13.1 Å². The summed E-state index contributed by atoms with van der Waals surface area (Å²) in [6.45, 7) is 5.27. The summed E-state index contributed by atoms with van der Waals surface area (Å²) in [4.78, 5) is 32.7. The molecule has 1 aliphatic rings. The Morgan fingerprint density at radius 1 is 1.06 bits per heavy atom. The van der Waals surface area contributed by atoms with Crippen LogP contribution in [-0.4, -0.2) is 34.8 Å². The van der Waals surface area contributed by atoms with E-state index in [-0.39, 0.29) is 35.3 Å². The first kappa shape index (κ1) is 24.0. The number of likely N-dealkylation sites (tertiary alicyclic amines) is 1. The molecule has 34 heavy (non-hydrogen) atoms. The van der Waals surface area contributed by atoms with E-state index in [0.29, 0.717) is 35.2 Å². The Kier molecular flexibility index (Phi) is 7.36. The third-order valence-electron chi connectivity index (χ3n) is 6.41. The van der Waals surface area contributed by atoms with Gasteiger partial charge in [-0.2, -0.15) is 0 Å². The highest BCUT2D eigenvalue weighted by Crippen LogP contribution is 2.31. The van der Waals surface area contributed by atoms with Crippen LogP contribution in [0.25, 0.3) is 10.6 Å². The minimum atomic E-state index is -0.311. The number of piperidine rings is 1. The average Bonchev–Trinajstić information content (AvgIpc) is 3.24. The average molecular weight is 484 g/mol. The van der Waals surface area contributed by atoms with Gasteiger partial charge in [0.15, 0.2) is 0 Å². The molecule has 8 heteroatoms. The van der Waals surface area contributed by atoms with Crippen LogP contribution in [0.5, 0.6) is 0 Å². The van der Waals surface area contributed by atoms with E-state index in [2.05, 4.69) is 10.3 Å². The molecule has 1 aromatic heterocycles. The first-order valence-corrected chi connectivity index (χ1v) is 12.2. The number of amides is 2. The van der Waals surface area contributed by atoms with E-state index in [1.165, 1.54) is 35.6 Å². The summed E-state index contributed by atoms with van der Waals surface area (Å²) in [5.74, 6) is -0.673. The summed E-state index contributed by atoms with van der Waals surface area (Å²) >= 11 is 1.33. The van der Waals surface area contributed by atoms with Crippen molar-refractivity contribution in [3.8, 4) is 10.6 Å². The molecule has 0 bridgehead atoms. The Bertz CT molecular complexity index is 1150. The summed E-state index contributed by atoms with van der Waals surface area (Å²) in [5.41, 5.74) is 2.31. The normalized spacial score (nSPS) is 15.2. The fourth-order valence-corrected chi connectivity index (χ4v) is 5.26. The molecule has 178 valence electrons. The van der Waals surface area contributed by atoms with Crippen molar-refractivity contribution in [3.63, 3.8) is 0 Å². The second kappa shape index (κ2) is 10.4. The van der Waals surface area contributed by atoms with Gasteiger partial charge in [0.2, 0.25) is 5.91 Å². The Morgan fingerprint density at radius 3 is 2.26 bits per heavy atom. The second-order valence-electron chi connectivity index (χ2n) is 8.70. The highest BCUT2D eigenvalue weighted by molar-refractivity contribution is 7.17. The lowest BCUT2D eigenvalue weighted by Gasteiger charge is -2.34. The number of thiazole rings is 1. The van der Waals surface area contributed by atoms with Crippen LogP contribution in [0.1, 0.15) is 40.7 Å². The fraction of sp³-hybridized carbons (Fsp3) is 0.346. The maximum absolute atomic E-state index is 13.2. The minimum absolute atomic E-state index is 0.0312. The fourth-order valence-electron chi connectivity index (χ4n) is 4.22. The van der Waals surface area contributed by atoms with Gasteiger partial charge in [-0.3, -0.25) is 9.59 Å². The minimum Gasteiger partial charge on any atom is -0.352 e. The second-order valence-corrected chi connectivity index (χ2v) is 9.70. The van der Waals surface area contributed by atoms with Crippen LogP contribution in [0.4, 0.5) is 8.78 Å². The predicted octanol–water partition coefficient (Wildman–Crippen LogP) is 5.20. The van der Waals surface area contributed by atoms with Crippen LogP contribution >= 0.6 is 11.3 Å². The van der Waals surface area contributed by atoms with E-state index in [1.807, 2.05) is 18.7 Å². The number of nitrogens with one attached hydrogen (secondary N) is 1. The lowest BCUT2D eigenvalue weighted by atomic mass is 9.84. The number of rotatable bonds is 6. The molecule has 2 heterocycles. The molecule has 1 saturated heterocycles. The zero-order valence-electron chi connectivity index (χ0n) is 19.2. The first-order chi connectivity index (χ1) is 16.3. The molecule has 1 N–H and O–H groups in total. The van der Waals surface area contributed by atoms with Gasteiger partial charge in [-0.05, 0) is 67.6 Å². The molecule has 1 fully saturated rings. The molecule has 0 spiro atoms. The molecule has 1 aliphatic heterocycles. The Morgan fingerprint density at radius 2 is 1.65 bits per heavy atom. The van der Waals surface area contributed by atoms with E-state index in [9.17, 15) is 18.4 Å². The molecule has 2 aromatic carbocycles. The molecule has 0 saturated carbocycles. The number of hydrogen-bond acceptors (Lipinski definition) is 4. The molecular weight excluding hydrogens is 456 g/mol. The Labute approximate surface area is 201 Å². The van der Waals surface area contributed by atoms with Crippen LogP contribution in [0.2, 0.25) is 0 Å². The van der Waals surface area contributed by atoms with E-state index in [4.69, 9.17) is 0 Å². The first-order valence-electron chi connectivity index (χ1n) is 11.4. The maximum atomic E-state index is 13.2. The van der Waals surface area contributed by atoms with Crippen molar-refractivity contribution in [2.24, 2.45) is 11.8 Å². The number of carbonyl (C=O) groups excluding carboxylic acids is 2. The van der Waals surface area contributed by atoms with E-state index in [0.717, 1.165) is 24.0 Å². The van der Waals surface area contributed by atoms with Gasteiger partial charge in [-0.1, -0.05) is 19.1 Å². The quantitative estimate of drug-likeness (QED) is 0.524. The molecule has 2 amide bonds. The lowest BCUT2D eigenvalue weighted by Crippen LogP contribution is -2.42. The number of benzene rings is 2. The highest BCUT2D eigenvalue weighted by Gasteiger charge is 2.31. The van der Waals surface area contributed by atoms with Crippen molar-refractivity contribution >= 4 is 23.2 Å². The van der Waals surface area contributed by atoms with E-state index < -0.39 is 0 Å². The molecule has 0 unspecified atom stereocenters. The number of halogens is 2. The molecule has 5 nitrogen and oxygen atoms in total. The zero-order valence-corrected chi connectivity index (χ0v) is 20.0. The Hall–Kier alpha value is -3.13. The van der Waals surface area contributed by atoms with Gasteiger partial charge in [-0.25, -0.2) is 13.8 Å². The third kappa shape index (κ3) is 5.50. The van der Waals surface area contributed by atoms with Crippen LogP contribution in [0.3, 0.4) is 0 Å². The van der Waals surface area contributed by atoms with Gasteiger partial charge in [0, 0.05) is 31.1 Å². The molecule has 3 aromatic rings. The van der Waals surface area contributed by atoms with E-state index in [1.54, 1.807) is 24.3 Å². The zero-order chi connectivity index (χ0) is 24.2. The largest absolute Gasteiger partial charge is 0.352 e. The van der Waals surface area contributed by atoms with Crippen molar-refractivity contribution in [1.29, 1.82) is 0 Å². The third-order valence-corrected chi connectivity index (χ3v) is 7.60. The van der Waals surface area contributed by atoms with Crippen LogP contribution in [-0.2, 0) is 11.3 Å². The van der Waals surface area contributed by atoms with Crippen LogP contribution in [0.15, 0.2) is 48.5 Å². The summed E-state index contributed by atoms with van der Waals surface area (Å²) < 4.78 is 26.3. The van der Waals surface area contributed by atoms with Gasteiger partial charge in [0.05, 0.1) is 5.69 Å². The summed E-state index contributed by atoms with van der Waals surface area (Å²) in [6.07, 6.45) is 1.50. The van der Waals surface area contributed by atoms with Gasteiger partial charge in [0.25, 0.3) is 5.91 Å². The van der Waals surface area contributed by atoms with Crippen molar-refractivity contribution in [3.05, 3.63) is 76.3 Å². The number of nitrogens with zero attached hydrogens (tertiary/aromatic N) is 2. The maximum Gasteiger partial charge on any atom is 0.265 e. The number of carbonyl (C=O) groups is 2. The van der Waals surface area contributed by atoms with Crippen LogP contribution < -0.4 is 5.32 Å². The molecule has 4 rings (SSSR count). The number of aryl methyl sites for hydroxylation is 1. The molecule has 0 aliphatic carbocycles. The molecule has 0 radical (unpaired) electrons. The lowest BCUT2D eigenvalue weighted by molar-refractivity contribution is -0.126. The standard InChI is InChI=1S/C26H27F2N3O2S/c1-16(24(32)29-15-18-3-7-21(27)8-4-18)19-11-13-31(14-12-19)26(33)23-17(2)30-25(34-23)20-5-9-22(28)10-6-20/h3-10,16,19H,11-15H2,1-2H3,(H,29,32)/t16-/m1/s1. The van der Waals surface area contributed by atoms with Crippen molar-refractivity contribution in [2.45, 2.75) is 33.2 Å². The Balaban J connectivity index is 1.31. The van der Waals surface area contributed by atoms with Crippen molar-refractivity contribution in [1.82, 2.24) is 15.2 Å². The number of hydrogen-bond donors (Lipinski definition) is 1. The molecule has 1 atom stereocenters. The summed E-state index contributed by atoms with van der Waals surface area (Å²) in [6, 6.07) is 12.2. The topological polar surface area (TPSA) is 62.3 Å². The molecular formula is C26H27F2N3O2S. The number of aromatic nitrogens is 1. The SMILES string of the molecule is Cc1nc(-c2ccc(F)cc2)sc1C(=O)N1CCC([C@@H](C)C(=O)NCc2ccc(F)cc2)CC1. The monoisotopic (exact) mass is 483 g/mol. The van der Waals surface area contributed by atoms with Gasteiger partial charge in [0.1, 0.15) is 21.5 Å². The summed E-state index contributed by atoms with van der Waals surface area (Å²) in [7, 11) is 0. The van der Waals surface area contributed by atoms with E-state index >= 15 is 0 Å². The van der Waals surface area contributed by atoms with Gasteiger partial charge >= 0.3 is 0 Å². The highest BCUT2D eigenvalue weighted by atomic mass is 32.1.